The summed E-state index contributed by atoms with van der Waals surface area (Å²) in [5, 5.41) is 3.83. The summed E-state index contributed by atoms with van der Waals surface area (Å²) in [7, 11) is 0. The molecule has 3 heterocycles. The van der Waals surface area contributed by atoms with Crippen molar-refractivity contribution in [1.29, 1.82) is 0 Å². The Morgan fingerprint density at radius 2 is 2.09 bits per heavy atom. The lowest BCUT2D eigenvalue weighted by Crippen LogP contribution is -2.56. The van der Waals surface area contributed by atoms with Gasteiger partial charge in [0.1, 0.15) is 10.8 Å². The molecule has 0 radical (unpaired) electrons. The van der Waals surface area contributed by atoms with Gasteiger partial charge in [-0.1, -0.05) is 35.9 Å². The molecule has 32 heavy (non-hydrogen) atoms. The molecular weight excluding hydrogens is 445 g/mol. The van der Waals surface area contributed by atoms with Crippen LogP contribution in [0.1, 0.15) is 24.8 Å². The number of amides is 1. The van der Waals surface area contributed by atoms with Gasteiger partial charge in [0.2, 0.25) is 0 Å². The number of benzene rings is 2. The number of anilines is 1. The summed E-state index contributed by atoms with van der Waals surface area (Å²) in [5.41, 5.74) is 2.17. The Hall–Kier alpha value is -2.54. The van der Waals surface area contributed by atoms with E-state index in [1.165, 1.54) is 12.1 Å². The summed E-state index contributed by atoms with van der Waals surface area (Å²) in [5.74, 6) is -0.413. The first kappa shape index (κ1) is 21.3. The van der Waals surface area contributed by atoms with Crippen LogP contribution in [0, 0.1) is 5.82 Å². The smallest absolute Gasteiger partial charge is 0.251 e. The Bertz CT molecular complexity index is 1200. The number of carbonyl (C=O) groups is 1. The van der Waals surface area contributed by atoms with E-state index in [1.807, 2.05) is 30.3 Å². The van der Waals surface area contributed by atoms with Gasteiger partial charge < -0.3 is 0 Å². The van der Waals surface area contributed by atoms with Gasteiger partial charge in [-0.05, 0) is 50.1 Å². The average Bonchev–Trinajstić information content (AvgIpc) is 3.35. The standard InChI is InChI=1S/C25H23ClFN3OS/c1-17-14-25(9-8-24(31)30(25)21-7-3-6-20(27)13-21)10-11-29(17)15-23-28-22(16-32-23)18-4-2-5-19(26)12-18/h2-9,12-13,16-17H,10-11,14-15H2,1H3. The monoisotopic (exact) mass is 467 g/mol. The highest BCUT2D eigenvalue weighted by molar-refractivity contribution is 7.09. The van der Waals surface area contributed by atoms with Gasteiger partial charge in [0.05, 0.1) is 17.8 Å². The fourth-order valence-electron chi connectivity index (χ4n) is 4.82. The minimum absolute atomic E-state index is 0.0812. The summed E-state index contributed by atoms with van der Waals surface area (Å²) in [6, 6.07) is 14.3. The normalized spacial score (nSPS) is 23.4. The Morgan fingerprint density at radius 1 is 1.25 bits per heavy atom. The zero-order chi connectivity index (χ0) is 22.3. The quantitative estimate of drug-likeness (QED) is 0.477. The number of carbonyl (C=O) groups excluding carboxylic acids is 1. The molecule has 2 aliphatic rings. The summed E-state index contributed by atoms with van der Waals surface area (Å²) >= 11 is 7.78. The van der Waals surface area contributed by atoms with Crippen molar-refractivity contribution in [3.05, 3.63) is 81.9 Å². The van der Waals surface area contributed by atoms with Gasteiger partial charge in [-0.25, -0.2) is 9.37 Å². The highest BCUT2D eigenvalue weighted by Gasteiger charge is 2.46. The van der Waals surface area contributed by atoms with Gasteiger partial charge in [0, 0.05) is 40.3 Å². The van der Waals surface area contributed by atoms with E-state index in [0.717, 1.165) is 42.2 Å². The molecule has 0 saturated carbocycles. The number of halogens is 2. The number of hydrogen-bond donors (Lipinski definition) is 0. The van der Waals surface area contributed by atoms with Crippen LogP contribution < -0.4 is 4.90 Å². The second kappa shape index (κ2) is 8.43. The number of rotatable bonds is 4. The highest BCUT2D eigenvalue weighted by Crippen LogP contribution is 2.41. The molecule has 1 fully saturated rings. The van der Waals surface area contributed by atoms with Crippen molar-refractivity contribution in [2.45, 2.75) is 37.9 Å². The first-order chi connectivity index (χ1) is 15.4. The molecule has 0 bridgehead atoms. The molecule has 7 heteroatoms. The first-order valence-electron chi connectivity index (χ1n) is 10.7. The van der Waals surface area contributed by atoms with Gasteiger partial charge in [0.25, 0.3) is 5.91 Å². The van der Waals surface area contributed by atoms with Crippen molar-refractivity contribution in [2.24, 2.45) is 0 Å². The van der Waals surface area contributed by atoms with E-state index in [2.05, 4.69) is 17.2 Å². The van der Waals surface area contributed by atoms with Crippen LogP contribution in [0.2, 0.25) is 5.02 Å². The average molecular weight is 468 g/mol. The Balaban J connectivity index is 1.31. The van der Waals surface area contributed by atoms with Crippen LogP contribution in [0.15, 0.2) is 66.1 Å². The molecule has 1 aromatic heterocycles. The first-order valence-corrected chi connectivity index (χ1v) is 11.9. The number of aromatic nitrogens is 1. The lowest BCUT2D eigenvalue weighted by molar-refractivity contribution is -0.114. The van der Waals surface area contributed by atoms with Gasteiger partial charge in [-0.3, -0.25) is 14.6 Å². The van der Waals surface area contributed by atoms with Gasteiger partial charge >= 0.3 is 0 Å². The van der Waals surface area contributed by atoms with Crippen LogP contribution in [-0.4, -0.2) is 33.9 Å². The summed E-state index contributed by atoms with van der Waals surface area (Å²) in [6.07, 6.45) is 5.22. The van der Waals surface area contributed by atoms with Gasteiger partial charge in [0.15, 0.2) is 0 Å². The SMILES string of the molecule is CC1CC2(C=CC(=O)N2c2cccc(F)c2)CCN1Cc1nc(-c2cccc(Cl)c2)cs1. The van der Waals surface area contributed by atoms with Crippen LogP contribution >= 0.6 is 22.9 Å². The topological polar surface area (TPSA) is 36.4 Å². The maximum absolute atomic E-state index is 13.9. The summed E-state index contributed by atoms with van der Waals surface area (Å²) in [4.78, 5) is 21.7. The van der Waals surface area contributed by atoms with E-state index in [0.29, 0.717) is 10.7 Å². The molecule has 2 aliphatic heterocycles. The van der Waals surface area contributed by atoms with Crippen LogP contribution in [0.25, 0.3) is 11.3 Å². The molecule has 4 nitrogen and oxygen atoms in total. The van der Waals surface area contributed by atoms with Crippen molar-refractivity contribution in [3.63, 3.8) is 0 Å². The van der Waals surface area contributed by atoms with E-state index in [4.69, 9.17) is 16.6 Å². The molecule has 2 aromatic carbocycles. The van der Waals surface area contributed by atoms with E-state index in [1.54, 1.807) is 34.4 Å². The molecule has 164 valence electrons. The second-order valence-corrected chi connectivity index (χ2v) is 9.88. The number of nitrogens with zero attached hydrogens (tertiary/aromatic N) is 3. The molecule has 3 aromatic rings. The minimum atomic E-state index is -0.407. The van der Waals surface area contributed by atoms with Crippen molar-refractivity contribution in [3.8, 4) is 11.3 Å². The van der Waals surface area contributed by atoms with E-state index in [9.17, 15) is 9.18 Å². The molecule has 0 N–H and O–H groups in total. The van der Waals surface area contributed by atoms with Gasteiger partial charge in [-0.2, -0.15) is 0 Å². The second-order valence-electron chi connectivity index (χ2n) is 8.50. The van der Waals surface area contributed by atoms with Crippen molar-refractivity contribution in [1.82, 2.24) is 9.88 Å². The summed E-state index contributed by atoms with van der Waals surface area (Å²) in [6.45, 7) is 3.78. The molecule has 0 aliphatic carbocycles. The molecule has 2 atom stereocenters. The fourth-order valence-corrected chi connectivity index (χ4v) is 5.84. The molecule has 2 unspecified atom stereocenters. The third-order valence-corrected chi connectivity index (χ3v) is 7.45. The van der Waals surface area contributed by atoms with E-state index >= 15 is 0 Å². The molecule has 1 saturated heterocycles. The van der Waals surface area contributed by atoms with Crippen molar-refractivity contribution < 1.29 is 9.18 Å². The third-order valence-electron chi connectivity index (χ3n) is 6.38. The van der Waals surface area contributed by atoms with E-state index in [-0.39, 0.29) is 17.8 Å². The Kier molecular flexibility index (Phi) is 5.61. The predicted molar refractivity (Wildman–Crippen MR) is 127 cm³/mol. The maximum Gasteiger partial charge on any atom is 0.251 e. The summed E-state index contributed by atoms with van der Waals surface area (Å²) < 4.78 is 13.9. The third kappa shape index (κ3) is 3.98. The number of piperidine rings is 1. The van der Waals surface area contributed by atoms with Crippen molar-refractivity contribution >= 4 is 34.5 Å². The number of thiazole rings is 1. The Morgan fingerprint density at radius 3 is 2.88 bits per heavy atom. The number of likely N-dealkylation sites (tertiary alicyclic amines) is 1. The zero-order valence-corrected chi connectivity index (χ0v) is 19.2. The van der Waals surface area contributed by atoms with E-state index < -0.39 is 5.54 Å². The largest absolute Gasteiger partial charge is 0.299 e. The number of hydrogen-bond acceptors (Lipinski definition) is 4. The zero-order valence-electron chi connectivity index (χ0n) is 17.7. The lowest BCUT2D eigenvalue weighted by atomic mass is 9.83. The lowest BCUT2D eigenvalue weighted by Gasteiger charge is -2.47. The van der Waals surface area contributed by atoms with Gasteiger partial charge in [-0.15, -0.1) is 11.3 Å². The Labute approximate surface area is 196 Å². The molecular formula is C25H23ClFN3OS. The molecule has 5 rings (SSSR count). The van der Waals surface area contributed by atoms with Crippen molar-refractivity contribution in [2.75, 3.05) is 11.4 Å². The van der Waals surface area contributed by atoms with Crippen LogP contribution in [0.3, 0.4) is 0 Å². The molecule has 1 spiro atoms. The van der Waals surface area contributed by atoms with Crippen LogP contribution in [0.4, 0.5) is 10.1 Å². The highest BCUT2D eigenvalue weighted by atomic mass is 35.5. The minimum Gasteiger partial charge on any atom is -0.299 e. The fraction of sp³-hybridized carbons (Fsp3) is 0.280. The maximum atomic E-state index is 13.9. The van der Waals surface area contributed by atoms with Crippen LogP contribution in [0.5, 0.6) is 0 Å². The predicted octanol–water partition coefficient (Wildman–Crippen LogP) is 5.93. The van der Waals surface area contributed by atoms with Crippen LogP contribution in [-0.2, 0) is 11.3 Å². The molecule has 1 amide bonds.